The van der Waals surface area contributed by atoms with Gasteiger partial charge >= 0.3 is 6.03 Å². The average Bonchev–Trinajstić information content (AvgIpc) is 2.54. The van der Waals surface area contributed by atoms with Crippen molar-refractivity contribution in [2.45, 2.75) is 32.7 Å². The van der Waals surface area contributed by atoms with Gasteiger partial charge in [-0.05, 0) is 32.4 Å². The van der Waals surface area contributed by atoms with E-state index in [0.29, 0.717) is 12.5 Å². The Morgan fingerprint density at radius 3 is 2.58 bits per heavy atom. The Bertz CT molecular complexity index is 526. The third-order valence-corrected chi connectivity index (χ3v) is 4.69. The number of amides is 2. The van der Waals surface area contributed by atoms with E-state index in [4.69, 9.17) is 0 Å². The summed E-state index contributed by atoms with van der Waals surface area (Å²) in [6.45, 7) is 12.2. The largest absolute Gasteiger partial charge is 0.338 e. The molecule has 2 amide bonds. The molecule has 1 saturated heterocycles. The maximum atomic E-state index is 12.1. The Hall–Kier alpha value is -1.59. The summed E-state index contributed by atoms with van der Waals surface area (Å²) in [7, 11) is 2.15. The van der Waals surface area contributed by atoms with Crippen molar-refractivity contribution >= 4 is 6.03 Å². The van der Waals surface area contributed by atoms with E-state index in [0.717, 1.165) is 32.7 Å². The van der Waals surface area contributed by atoms with Crippen LogP contribution in [0.3, 0.4) is 0 Å². The number of hydrogen-bond acceptors (Lipinski definition) is 3. The number of hydrogen-bond donors (Lipinski definition) is 2. The molecule has 1 aliphatic heterocycles. The fourth-order valence-electron chi connectivity index (χ4n) is 3.08. The number of piperazine rings is 1. The highest BCUT2D eigenvalue weighted by atomic mass is 16.2. The van der Waals surface area contributed by atoms with Crippen LogP contribution in [0.1, 0.15) is 30.9 Å². The van der Waals surface area contributed by atoms with Gasteiger partial charge in [0.2, 0.25) is 0 Å². The van der Waals surface area contributed by atoms with Crippen molar-refractivity contribution in [1.82, 2.24) is 20.4 Å². The van der Waals surface area contributed by atoms with Gasteiger partial charge in [0, 0.05) is 45.3 Å². The van der Waals surface area contributed by atoms with E-state index in [-0.39, 0.29) is 12.1 Å². The number of nitrogens with zero attached hydrogens (tertiary/aromatic N) is 2. The fraction of sp³-hybridized carbons (Fsp3) is 0.632. The first-order chi connectivity index (χ1) is 11.4. The number of likely N-dealkylation sites (N-methyl/N-ethyl adjacent to an activating group) is 1. The van der Waals surface area contributed by atoms with Gasteiger partial charge in [-0.3, -0.25) is 4.90 Å². The molecular weight excluding hydrogens is 300 g/mol. The highest BCUT2D eigenvalue weighted by molar-refractivity contribution is 5.74. The number of urea groups is 1. The highest BCUT2D eigenvalue weighted by Gasteiger charge is 2.17. The van der Waals surface area contributed by atoms with Gasteiger partial charge < -0.3 is 15.5 Å². The summed E-state index contributed by atoms with van der Waals surface area (Å²) in [5.41, 5.74) is 2.52. The molecule has 2 atom stereocenters. The van der Waals surface area contributed by atoms with Gasteiger partial charge in [-0.25, -0.2) is 4.79 Å². The lowest BCUT2D eigenvalue weighted by Crippen LogP contribution is -2.51. The first-order valence-corrected chi connectivity index (χ1v) is 8.96. The predicted octanol–water partition coefficient (Wildman–Crippen LogP) is 2.03. The normalized spacial score (nSPS) is 18.8. The van der Waals surface area contributed by atoms with E-state index >= 15 is 0 Å². The van der Waals surface area contributed by atoms with Crippen molar-refractivity contribution in [3.05, 3.63) is 35.4 Å². The van der Waals surface area contributed by atoms with Gasteiger partial charge in [-0.2, -0.15) is 0 Å². The Balaban J connectivity index is 1.68. The second kappa shape index (κ2) is 9.04. The third-order valence-electron chi connectivity index (χ3n) is 4.69. The summed E-state index contributed by atoms with van der Waals surface area (Å²) >= 11 is 0. The minimum Gasteiger partial charge on any atom is -0.338 e. The molecule has 2 rings (SSSR count). The Morgan fingerprint density at radius 2 is 1.92 bits per heavy atom. The van der Waals surface area contributed by atoms with Crippen molar-refractivity contribution in [1.29, 1.82) is 0 Å². The number of benzene rings is 1. The standard InChI is InChI=1S/C19H32N4O/c1-15-6-5-7-18(12-15)16(2)13-20-19(24)21-17(3)14-23-10-8-22(4)9-11-23/h5-7,12,16-17H,8-11,13-14H2,1-4H3,(H2,20,21,24)/t16-,17+/m0/s1. The molecule has 1 heterocycles. The zero-order valence-electron chi connectivity index (χ0n) is 15.5. The van der Waals surface area contributed by atoms with Gasteiger partial charge in [0.25, 0.3) is 0 Å². The molecule has 1 aromatic rings. The number of carbonyl (C=O) groups is 1. The van der Waals surface area contributed by atoms with E-state index in [1.807, 2.05) is 0 Å². The summed E-state index contributed by atoms with van der Waals surface area (Å²) in [5.74, 6) is 0.309. The van der Waals surface area contributed by atoms with Crippen LogP contribution in [0.2, 0.25) is 0 Å². The molecule has 0 unspecified atom stereocenters. The summed E-state index contributed by atoms with van der Waals surface area (Å²) < 4.78 is 0. The number of nitrogens with one attached hydrogen (secondary N) is 2. The molecule has 0 saturated carbocycles. The zero-order chi connectivity index (χ0) is 17.5. The van der Waals surface area contributed by atoms with E-state index in [1.165, 1.54) is 11.1 Å². The lowest BCUT2D eigenvalue weighted by Gasteiger charge is -2.34. The minimum absolute atomic E-state index is 0.0730. The fourth-order valence-corrected chi connectivity index (χ4v) is 3.08. The van der Waals surface area contributed by atoms with Crippen molar-refractivity contribution in [2.75, 3.05) is 46.3 Å². The first kappa shape index (κ1) is 18.7. The molecule has 0 radical (unpaired) electrons. The molecule has 1 fully saturated rings. The third kappa shape index (κ3) is 6.13. The molecule has 0 aliphatic carbocycles. The molecule has 1 aliphatic rings. The maximum Gasteiger partial charge on any atom is 0.315 e. The second-order valence-corrected chi connectivity index (χ2v) is 7.17. The summed E-state index contributed by atoms with van der Waals surface area (Å²) in [4.78, 5) is 16.9. The Kier molecular flexibility index (Phi) is 7.06. The van der Waals surface area contributed by atoms with E-state index in [1.54, 1.807) is 0 Å². The molecular formula is C19H32N4O. The van der Waals surface area contributed by atoms with Gasteiger partial charge in [0.15, 0.2) is 0 Å². The summed E-state index contributed by atoms with van der Waals surface area (Å²) in [6, 6.07) is 8.54. The van der Waals surface area contributed by atoms with Gasteiger partial charge in [0.1, 0.15) is 0 Å². The van der Waals surface area contributed by atoms with Crippen LogP contribution in [0.5, 0.6) is 0 Å². The summed E-state index contributed by atoms with van der Waals surface area (Å²) in [5, 5.41) is 6.05. The molecule has 0 aromatic heterocycles. The molecule has 1 aromatic carbocycles. The quantitative estimate of drug-likeness (QED) is 0.838. The van der Waals surface area contributed by atoms with Crippen molar-refractivity contribution in [3.8, 4) is 0 Å². The van der Waals surface area contributed by atoms with Gasteiger partial charge in [-0.1, -0.05) is 36.8 Å². The summed E-state index contributed by atoms with van der Waals surface area (Å²) in [6.07, 6.45) is 0. The number of carbonyl (C=O) groups excluding carboxylic acids is 1. The molecule has 24 heavy (non-hydrogen) atoms. The van der Waals surface area contributed by atoms with Crippen LogP contribution in [0, 0.1) is 6.92 Å². The molecule has 2 N–H and O–H groups in total. The minimum atomic E-state index is -0.0730. The lowest BCUT2D eigenvalue weighted by atomic mass is 9.99. The Labute approximate surface area is 146 Å². The van der Waals surface area contributed by atoms with Crippen LogP contribution in [-0.4, -0.2) is 68.2 Å². The van der Waals surface area contributed by atoms with Crippen LogP contribution in [-0.2, 0) is 0 Å². The SMILES string of the molecule is Cc1cccc([C@@H](C)CNC(=O)N[C@H](C)CN2CCN(C)CC2)c1. The van der Waals surface area contributed by atoms with Crippen LogP contribution in [0.25, 0.3) is 0 Å². The molecule has 5 heteroatoms. The lowest BCUT2D eigenvalue weighted by molar-refractivity contribution is 0.144. The predicted molar refractivity (Wildman–Crippen MR) is 99.5 cm³/mol. The van der Waals surface area contributed by atoms with Crippen LogP contribution < -0.4 is 10.6 Å². The van der Waals surface area contributed by atoms with E-state index < -0.39 is 0 Å². The first-order valence-electron chi connectivity index (χ1n) is 8.96. The van der Waals surface area contributed by atoms with Crippen LogP contribution >= 0.6 is 0 Å². The number of rotatable bonds is 6. The average molecular weight is 332 g/mol. The Morgan fingerprint density at radius 1 is 1.21 bits per heavy atom. The topological polar surface area (TPSA) is 47.6 Å². The van der Waals surface area contributed by atoms with Crippen molar-refractivity contribution < 1.29 is 4.79 Å². The van der Waals surface area contributed by atoms with Crippen LogP contribution in [0.4, 0.5) is 4.79 Å². The molecule has 134 valence electrons. The van der Waals surface area contributed by atoms with Crippen LogP contribution in [0.15, 0.2) is 24.3 Å². The molecule has 5 nitrogen and oxygen atoms in total. The van der Waals surface area contributed by atoms with Gasteiger partial charge in [-0.15, -0.1) is 0 Å². The monoisotopic (exact) mass is 332 g/mol. The molecule has 0 spiro atoms. The zero-order valence-corrected chi connectivity index (χ0v) is 15.5. The van der Waals surface area contributed by atoms with Crippen molar-refractivity contribution in [2.24, 2.45) is 0 Å². The van der Waals surface area contributed by atoms with E-state index in [2.05, 4.69) is 72.5 Å². The smallest absolute Gasteiger partial charge is 0.315 e. The molecule has 0 bridgehead atoms. The van der Waals surface area contributed by atoms with Crippen molar-refractivity contribution in [3.63, 3.8) is 0 Å². The second-order valence-electron chi connectivity index (χ2n) is 7.17. The van der Waals surface area contributed by atoms with Gasteiger partial charge in [0.05, 0.1) is 0 Å². The maximum absolute atomic E-state index is 12.1. The number of aryl methyl sites for hydroxylation is 1. The van der Waals surface area contributed by atoms with E-state index in [9.17, 15) is 4.79 Å². The highest BCUT2D eigenvalue weighted by Crippen LogP contribution is 2.15.